The van der Waals surface area contributed by atoms with E-state index in [1.54, 1.807) is 0 Å². The van der Waals surface area contributed by atoms with Gasteiger partial charge in [0.15, 0.2) is 0 Å². The van der Waals surface area contributed by atoms with E-state index in [4.69, 9.17) is 3.07 Å². The van der Waals surface area contributed by atoms with Gasteiger partial charge in [-0.05, 0) is 12.3 Å². The van der Waals surface area contributed by atoms with Crippen LogP contribution in [0.15, 0.2) is 0 Å². The first-order valence-electron chi connectivity index (χ1n) is 2.51. The average molecular weight is 214 g/mol. The van der Waals surface area contributed by atoms with Gasteiger partial charge in [0, 0.05) is 0 Å². The van der Waals surface area contributed by atoms with Crippen LogP contribution in [0.1, 0.15) is 20.3 Å². The fraction of sp³-hybridized carbons (Fsp3) is 1.00. The Labute approximate surface area is 59.1 Å². The van der Waals surface area contributed by atoms with Gasteiger partial charge in [0.05, 0.1) is 6.61 Å². The molecule has 0 saturated carbocycles. The lowest BCUT2D eigenvalue weighted by molar-refractivity contribution is 0.375. The van der Waals surface area contributed by atoms with Gasteiger partial charge >= 0.3 is 0 Å². The minimum atomic E-state index is 0.773. The molecule has 1 nitrogen and oxygen atoms in total. The van der Waals surface area contributed by atoms with Gasteiger partial charge in [0.2, 0.25) is 0 Å². The quantitative estimate of drug-likeness (QED) is 0.655. The third-order valence-corrected chi connectivity index (χ3v) is 1.21. The van der Waals surface area contributed by atoms with E-state index in [1.807, 2.05) is 23.0 Å². The van der Waals surface area contributed by atoms with Crippen LogP contribution in [-0.4, -0.2) is 6.61 Å². The fourth-order valence-electron chi connectivity index (χ4n) is 0.280. The molecule has 0 unspecified atom stereocenters. The molecule has 0 atom stereocenters. The van der Waals surface area contributed by atoms with Crippen molar-refractivity contribution in [2.24, 2.45) is 5.92 Å². The van der Waals surface area contributed by atoms with Crippen LogP contribution in [0.25, 0.3) is 0 Å². The highest BCUT2D eigenvalue weighted by Crippen LogP contribution is 2.00. The molecule has 0 rings (SSSR count). The van der Waals surface area contributed by atoms with Crippen LogP contribution in [0.5, 0.6) is 0 Å². The molecule has 0 aromatic carbocycles. The van der Waals surface area contributed by atoms with Gasteiger partial charge < -0.3 is 3.07 Å². The van der Waals surface area contributed by atoms with Crippen molar-refractivity contribution in [1.82, 2.24) is 0 Å². The zero-order valence-corrected chi connectivity index (χ0v) is 6.94. The summed E-state index contributed by atoms with van der Waals surface area (Å²) in [6.45, 7) is 5.27. The molecule has 0 aliphatic carbocycles. The molecular weight excluding hydrogens is 203 g/mol. The molecule has 0 aromatic heterocycles. The van der Waals surface area contributed by atoms with Crippen LogP contribution < -0.4 is 0 Å². The maximum Gasteiger partial charge on any atom is 0.109 e. The summed E-state index contributed by atoms with van der Waals surface area (Å²) in [4.78, 5) is 0. The normalized spacial score (nSPS) is 10.3. The van der Waals surface area contributed by atoms with Crippen molar-refractivity contribution in [1.29, 1.82) is 0 Å². The molecule has 0 aliphatic rings. The summed E-state index contributed by atoms with van der Waals surface area (Å²) in [5, 5.41) is 0. The van der Waals surface area contributed by atoms with Crippen molar-refractivity contribution < 1.29 is 3.07 Å². The second-order valence-electron chi connectivity index (χ2n) is 2.00. The largest absolute Gasteiger partial charge is 0.316 e. The summed E-state index contributed by atoms with van der Waals surface area (Å²) < 4.78 is 4.82. The maximum absolute atomic E-state index is 4.82. The Hall–Kier alpha value is 0.690. The Morgan fingerprint density at radius 3 is 2.29 bits per heavy atom. The maximum atomic E-state index is 4.82. The van der Waals surface area contributed by atoms with Crippen molar-refractivity contribution >= 4 is 23.0 Å². The van der Waals surface area contributed by atoms with Gasteiger partial charge in [0.25, 0.3) is 0 Å². The number of rotatable bonds is 3. The smallest absolute Gasteiger partial charge is 0.109 e. The van der Waals surface area contributed by atoms with Gasteiger partial charge in [-0.15, -0.1) is 0 Å². The van der Waals surface area contributed by atoms with Gasteiger partial charge in [-0.2, -0.15) is 0 Å². The summed E-state index contributed by atoms with van der Waals surface area (Å²) in [5.41, 5.74) is 0. The minimum absolute atomic E-state index is 0.773. The Morgan fingerprint density at radius 2 is 2.14 bits per heavy atom. The average Bonchev–Trinajstić information content (AvgIpc) is 1.61. The first kappa shape index (κ1) is 7.69. The van der Waals surface area contributed by atoms with Crippen molar-refractivity contribution in [2.75, 3.05) is 6.61 Å². The van der Waals surface area contributed by atoms with Crippen LogP contribution in [0.4, 0.5) is 0 Å². The number of hydrogen-bond donors (Lipinski definition) is 0. The molecule has 0 saturated heterocycles. The van der Waals surface area contributed by atoms with Gasteiger partial charge in [-0.3, -0.25) is 0 Å². The molecule has 0 bridgehead atoms. The standard InChI is InChI=1S/C5H11IO/c1-5(2)3-4-7-6/h5H,3-4H2,1-2H3. The van der Waals surface area contributed by atoms with E-state index in [2.05, 4.69) is 13.8 Å². The van der Waals surface area contributed by atoms with Crippen LogP contribution in [0.3, 0.4) is 0 Å². The van der Waals surface area contributed by atoms with E-state index in [0.717, 1.165) is 12.5 Å². The molecule has 2 heteroatoms. The van der Waals surface area contributed by atoms with E-state index in [1.165, 1.54) is 6.42 Å². The highest BCUT2D eigenvalue weighted by atomic mass is 127. The third kappa shape index (κ3) is 6.69. The molecule has 44 valence electrons. The molecule has 0 fully saturated rings. The molecular formula is C5H11IO. The monoisotopic (exact) mass is 214 g/mol. The van der Waals surface area contributed by atoms with Crippen LogP contribution in [0, 0.1) is 5.92 Å². The van der Waals surface area contributed by atoms with E-state index in [0.29, 0.717) is 0 Å². The summed E-state index contributed by atoms with van der Waals surface area (Å²) in [5.74, 6) is 0.773. The predicted octanol–water partition coefficient (Wildman–Crippen LogP) is 2.40. The van der Waals surface area contributed by atoms with Crippen molar-refractivity contribution in [3.8, 4) is 0 Å². The van der Waals surface area contributed by atoms with Gasteiger partial charge in [-0.25, -0.2) is 0 Å². The lowest BCUT2D eigenvalue weighted by Crippen LogP contribution is -1.90. The SMILES string of the molecule is CC(C)CCOI. The molecule has 0 N–H and O–H groups in total. The van der Waals surface area contributed by atoms with Crippen molar-refractivity contribution in [3.63, 3.8) is 0 Å². The minimum Gasteiger partial charge on any atom is -0.316 e. The fourth-order valence-corrected chi connectivity index (χ4v) is 0.535. The Balaban J connectivity index is 2.68. The molecule has 7 heavy (non-hydrogen) atoms. The van der Waals surface area contributed by atoms with Crippen LogP contribution in [0.2, 0.25) is 0 Å². The second kappa shape index (κ2) is 4.84. The van der Waals surface area contributed by atoms with Crippen LogP contribution >= 0.6 is 23.0 Å². The summed E-state index contributed by atoms with van der Waals surface area (Å²) in [6.07, 6.45) is 1.17. The summed E-state index contributed by atoms with van der Waals surface area (Å²) >= 11 is 1.92. The van der Waals surface area contributed by atoms with Crippen molar-refractivity contribution in [2.45, 2.75) is 20.3 Å². The van der Waals surface area contributed by atoms with E-state index in [-0.39, 0.29) is 0 Å². The molecule has 0 spiro atoms. The van der Waals surface area contributed by atoms with Gasteiger partial charge in [-0.1, -0.05) is 13.8 Å². The lowest BCUT2D eigenvalue weighted by atomic mass is 10.2. The molecule has 0 heterocycles. The molecule has 0 aromatic rings. The summed E-state index contributed by atoms with van der Waals surface area (Å²) in [6, 6.07) is 0. The second-order valence-corrected chi connectivity index (χ2v) is 2.62. The van der Waals surface area contributed by atoms with E-state index < -0.39 is 0 Å². The Morgan fingerprint density at radius 1 is 1.57 bits per heavy atom. The van der Waals surface area contributed by atoms with E-state index >= 15 is 0 Å². The highest BCUT2D eigenvalue weighted by Gasteiger charge is 1.89. The Kier molecular flexibility index (Phi) is 5.32. The Bertz CT molecular complexity index is 37.1. The zero-order chi connectivity index (χ0) is 5.70. The van der Waals surface area contributed by atoms with E-state index in [9.17, 15) is 0 Å². The van der Waals surface area contributed by atoms with Gasteiger partial charge in [0.1, 0.15) is 23.0 Å². The number of halogens is 1. The predicted molar refractivity (Wildman–Crippen MR) is 39.4 cm³/mol. The summed E-state index contributed by atoms with van der Waals surface area (Å²) in [7, 11) is 0. The first-order valence-corrected chi connectivity index (χ1v) is 3.39. The molecule has 0 aliphatic heterocycles. The third-order valence-electron chi connectivity index (χ3n) is 0.772. The number of hydrogen-bond acceptors (Lipinski definition) is 1. The first-order chi connectivity index (χ1) is 3.27. The molecule has 0 amide bonds. The molecule has 0 radical (unpaired) electrons. The lowest BCUT2D eigenvalue weighted by Gasteiger charge is -1.98. The van der Waals surface area contributed by atoms with Crippen LogP contribution in [-0.2, 0) is 3.07 Å². The van der Waals surface area contributed by atoms with Crippen molar-refractivity contribution in [3.05, 3.63) is 0 Å². The zero-order valence-electron chi connectivity index (χ0n) is 4.78. The highest BCUT2D eigenvalue weighted by molar-refractivity contribution is 14.1. The topological polar surface area (TPSA) is 9.23 Å².